The van der Waals surface area contributed by atoms with E-state index in [2.05, 4.69) is 0 Å². The normalized spacial score (nSPS) is 11.2. The Morgan fingerprint density at radius 3 is 1.81 bits per heavy atom. The topological polar surface area (TPSA) is 57.7 Å². The fourth-order valence-electron chi connectivity index (χ4n) is 3.13. The highest BCUT2D eigenvalue weighted by atomic mass is 35.5. The number of anilines is 1. The number of amides is 1. The van der Waals surface area contributed by atoms with Crippen LogP contribution in [0, 0.1) is 0 Å². The zero-order valence-electron chi connectivity index (χ0n) is 16.9. The first-order valence-corrected chi connectivity index (χ1v) is 12.1. The first kappa shape index (κ1) is 23.1. The summed E-state index contributed by atoms with van der Waals surface area (Å²) in [5.41, 5.74) is 2.06. The van der Waals surface area contributed by atoms with E-state index < -0.39 is 16.6 Å². The lowest BCUT2D eigenvalue weighted by Crippen LogP contribution is -2.42. The van der Waals surface area contributed by atoms with Gasteiger partial charge in [0.05, 0.1) is 22.0 Å². The Hall–Kier alpha value is -2.54. The number of nitrogens with zero attached hydrogens (tertiary/aromatic N) is 2. The Labute approximate surface area is 192 Å². The lowest BCUT2D eigenvalue weighted by atomic mass is 10.1. The van der Waals surface area contributed by atoms with E-state index in [1.54, 1.807) is 17.0 Å². The summed E-state index contributed by atoms with van der Waals surface area (Å²) >= 11 is 12.3. The molecule has 5 nitrogen and oxygen atoms in total. The molecule has 3 aromatic carbocycles. The molecule has 0 aromatic heterocycles. The number of hydrogen-bond acceptors (Lipinski definition) is 3. The molecule has 0 saturated heterocycles. The van der Waals surface area contributed by atoms with E-state index in [4.69, 9.17) is 23.2 Å². The number of sulfonamides is 1. The van der Waals surface area contributed by atoms with Crippen LogP contribution >= 0.6 is 23.2 Å². The lowest BCUT2D eigenvalue weighted by Gasteiger charge is -2.28. The van der Waals surface area contributed by atoms with Crippen LogP contribution in [0.5, 0.6) is 0 Å². The summed E-state index contributed by atoms with van der Waals surface area (Å²) < 4.78 is 26.0. The summed E-state index contributed by atoms with van der Waals surface area (Å²) in [6, 6.07) is 23.8. The highest BCUT2D eigenvalue weighted by Gasteiger charge is 2.26. The zero-order valence-corrected chi connectivity index (χ0v) is 19.2. The number of carbonyl (C=O) groups excluding carboxylic acids is 1. The molecule has 0 saturated carbocycles. The molecule has 0 radical (unpaired) electrons. The van der Waals surface area contributed by atoms with Crippen LogP contribution in [-0.4, -0.2) is 32.0 Å². The molecule has 0 spiro atoms. The third-order valence-corrected chi connectivity index (χ3v) is 6.60. The van der Waals surface area contributed by atoms with Gasteiger partial charge in [0.1, 0.15) is 6.54 Å². The third kappa shape index (κ3) is 6.23. The molecule has 162 valence electrons. The Balaban J connectivity index is 1.92. The van der Waals surface area contributed by atoms with Crippen molar-refractivity contribution in [2.45, 2.75) is 13.1 Å². The Kier molecular flexibility index (Phi) is 7.59. The van der Waals surface area contributed by atoms with Crippen molar-refractivity contribution in [1.82, 2.24) is 4.90 Å². The molecule has 0 N–H and O–H groups in total. The minimum Gasteiger partial charge on any atom is -0.332 e. The standard InChI is InChI=1S/C23H22Cl2N2O3S/c1-31(29,30)27(21-14-8-13-20(24)23(21)25)17-22(28)26(15-18-9-4-2-5-10-18)16-19-11-6-3-7-12-19/h2-14H,15-17H2,1H3. The Bertz CT molecular complexity index is 1100. The maximum absolute atomic E-state index is 13.3. The zero-order chi connectivity index (χ0) is 22.4. The van der Waals surface area contributed by atoms with E-state index in [-0.39, 0.29) is 21.6 Å². The molecule has 3 aromatic rings. The summed E-state index contributed by atoms with van der Waals surface area (Å²) in [6.45, 7) is 0.295. The van der Waals surface area contributed by atoms with Crippen molar-refractivity contribution in [2.24, 2.45) is 0 Å². The largest absolute Gasteiger partial charge is 0.332 e. The van der Waals surface area contributed by atoms with Gasteiger partial charge in [0, 0.05) is 13.1 Å². The maximum Gasteiger partial charge on any atom is 0.243 e. The second-order valence-corrected chi connectivity index (χ2v) is 9.76. The molecule has 1 amide bonds. The average molecular weight is 477 g/mol. The van der Waals surface area contributed by atoms with Crippen LogP contribution in [0.4, 0.5) is 5.69 Å². The molecule has 0 bridgehead atoms. The molecule has 0 aliphatic rings. The van der Waals surface area contributed by atoms with Gasteiger partial charge in [0.2, 0.25) is 15.9 Å². The minimum absolute atomic E-state index is 0.0834. The van der Waals surface area contributed by atoms with Crippen LogP contribution in [0.2, 0.25) is 10.0 Å². The second-order valence-electron chi connectivity index (χ2n) is 7.06. The van der Waals surface area contributed by atoms with Crippen LogP contribution in [0.1, 0.15) is 11.1 Å². The number of rotatable bonds is 8. The molecule has 0 heterocycles. The molecule has 0 aliphatic heterocycles. The molecule has 8 heteroatoms. The van der Waals surface area contributed by atoms with Gasteiger partial charge in [-0.1, -0.05) is 89.9 Å². The van der Waals surface area contributed by atoms with E-state index in [0.29, 0.717) is 13.1 Å². The van der Waals surface area contributed by atoms with Crippen LogP contribution in [0.15, 0.2) is 78.9 Å². The van der Waals surface area contributed by atoms with Crippen molar-refractivity contribution in [3.63, 3.8) is 0 Å². The van der Waals surface area contributed by atoms with Gasteiger partial charge in [0.25, 0.3) is 0 Å². The van der Waals surface area contributed by atoms with Crippen molar-refractivity contribution in [1.29, 1.82) is 0 Å². The van der Waals surface area contributed by atoms with Crippen LogP contribution in [0.25, 0.3) is 0 Å². The van der Waals surface area contributed by atoms with Crippen LogP contribution < -0.4 is 4.31 Å². The number of halogens is 2. The van der Waals surface area contributed by atoms with Gasteiger partial charge in [-0.05, 0) is 23.3 Å². The van der Waals surface area contributed by atoms with E-state index in [0.717, 1.165) is 21.7 Å². The summed E-state index contributed by atoms with van der Waals surface area (Å²) in [5.74, 6) is -0.353. The second kappa shape index (κ2) is 10.2. The molecular formula is C23H22Cl2N2O3S. The number of carbonyl (C=O) groups is 1. The van der Waals surface area contributed by atoms with Crippen LogP contribution in [-0.2, 0) is 27.9 Å². The third-order valence-electron chi connectivity index (χ3n) is 4.66. The first-order chi connectivity index (χ1) is 14.8. The summed E-state index contributed by atoms with van der Waals surface area (Å²) in [4.78, 5) is 14.9. The molecule has 31 heavy (non-hydrogen) atoms. The van der Waals surface area contributed by atoms with Crippen molar-refractivity contribution in [3.05, 3.63) is 100 Å². The van der Waals surface area contributed by atoms with Crippen molar-refractivity contribution in [3.8, 4) is 0 Å². The van der Waals surface area contributed by atoms with Crippen molar-refractivity contribution >= 4 is 44.8 Å². The van der Waals surface area contributed by atoms with Gasteiger partial charge in [-0.2, -0.15) is 0 Å². The van der Waals surface area contributed by atoms with E-state index >= 15 is 0 Å². The lowest BCUT2D eigenvalue weighted by molar-refractivity contribution is -0.130. The Morgan fingerprint density at radius 2 is 1.32 bits per heavy atom. The Morgan fingerprint density at radius 1 is 0.806 bits per heavy atom. The van der Waals surface area contributed by atoms with Gasteiger partial charge < -0.3 is 4.90 Å². The average Bonchev–Trinajstić information content (AvgIpc) is 2.74. The van der Waals surface area contributed by atoms with Gasteiger partial charge in [-0.25, -0.2) is 8.42 Å². The summed E-state index contributed by atoms with van der Waals surface area (Å²) in [5, 5.41) is 0.297. The van der Waals surface area contributed by atoms with Crippen molar-refractivity contribution < 1.29 is 13.2 Å². The summed E-state index contributed by atoms with van der Waals surface area (Å²) in [6.07, 6.45) is 1.04. The maximum atomic E-state index is 13.3. The minimum atomic E-state index is -3.79. The molecule has 0 aliphatic carbocycles. The molecule has 0 unspecified atom stereocenters. The first-order valence-electron chi connectivity index (χ1n) is 9.53. The van der Waals surface area contributed by atoms with Gasteiger partial charge in [0.15, 0.2) is 0 Å². The number of benzene rings is 3. The van der Waals surface area contributed by atoms with E-state index in [9.17, 15) is 13.2 Å². The van der Waals surface area contributed by atoms with E-state index in [1.807, 2.05) is 60.7 Å². The van der Waals surface area contributed by atoms with Gasteiger partial charge in [-0.15, -0.1) is 0 Å². The highest BCUT2D eigenvalue weighted by Crippen LogP contribution is 2.33. The van der Waals surface area contributed by atoms with E-state index in [1.165, 1.54) is 6.07 Å². The van der Waals surface area contributed by atoms with Crippen LogP contribution in [0.3, 0.4) is 0 Å². The molecule has 0 fully saturated rings. The quantitative estimate of drug-likeness (QED) is 0.460. The predicted octanol–water partition coefficient (Wildman–Crippen LogP) is 4.99. The smallest absolute Gasteiger partial charge is 0.243 e. The highest BCUT2D eigenvalue weighted by molar-refractivity contribution is 7.92. The monoisotopic (exact) mass is 476 g/mol. The molecule has 3 rings (SSSR count). The summed E-state index contributed by atoms with van der Waals surface area (Å²) in [7, 11) is -3.79. The fraction of sp³-hybridized carbons (Fsp3) is 0.174. The molecular weight excluding hydrogens is 455 g/mol. The predicted molar refractivity (Wildman–Crippen MR) is 126 cm³/mol. The fourth-order valence-corrected chi connectivity index (χ4v) is 4.43. The SMILES string of the molecule is CS(=O)(=O)N(CC(=O)N(Cc1ccccc1)Cc1ccccc1)c1cccc(Cl)c1Cl. The van der Waals surface area contributed by atoms with Crippen molar-refractivity contribution in [2.75, 3.05) is 17.1 Å². The number of hydrogen-bond donors (Lipinski definition) is 0. The molecule has 0 atom stereocenters. The van der Waals surface area contributed by atoms with Gasteiger partial charge >= 0.3 is 0 Å². The van der Waals surface area contributed by atoms with Gasteiger partial charge in [-0.3, -0.25) is 9.10 Å².